The van der Waals surface area contributed by atoms with Gasteiger partial charge in [0.25, 0.3) is 0 Å². The summed E-state index contributed by atoms with van der Waals surface area (Å²) in [7, 11) is 0. The van der Waals surface area contributed by atoms with E-state index in [9.17, 15) is 0 Å². The lowest BCUT2D eigenvalue weighted by atomic mass is 10.3. The predicted molar refractivity (Wildman–Crippen MR) is 55.9 cm³/mol. The Morgan fingerprint density at radius 2 is 1.57 bits per heavy atom. The molecule has 2 nitrogen and oxygen atoms in total. The smallest absolute Gasteiger partial charge is 0.0936 e. The fraction of sp³-hybridized carbons (Fsp3) is 0. The van der Waals surface area contributed by atoms with E-state index in [0.29, 0.717) is 0 Å². The molecule has 1 radical (unpaired) electrons. The van der Waals surface area contributed by atoms with Crippen LogP contribution in [0.5, 0.6) is 0 Å². The summed E-state index contributed by atoms with van der Waals surface area (Å²) < 4.78 is 0. The average Bonchev–Trinajstić information content (AvgIpc) is 2.29. The molecule has 0 saturated carbocycles. The van der Waals surface area contributed by atoms with Crippen LogP contribution in [-0.2, 0) is 0 Å². The summed E-state index contributed by atoms with van der Waals surface area (Å²) in [6.07, 6.45) is 0. The minimum absolute atomic E-state index is 0.747. The molecule has 0 saturated heterocycles. The quantitative estimate of drug-likeness (QED) is 0.627. The van der Waals surface area contributed by atoms with Crippen molar-refractivity contribution in [2.45, 2.75) is 0 Å². The second-order valence-electron chi connectivity index (χ2n) is 2.78. The van der Waals surface area contributed by atoms with Crippen molar-refractivity contribution in [1.29, 1.82) is 0 Å². The Morgan fingerprint density at radius 3 is 2.29 bits per heavy atom. The first-order chi connectivity index (χ1) is 6.95. The van der Waals surface area contributed by atoms with Crippen LogP contribution in [0.25, 0.3) is 0 Å². The highest BCUT2D eigenvalue weighted by Crippen LogP contribution is 2.16. The summed E-state index contributed by atoms with van der Waals surface area (Å²) in [5.74, 6) is 0. The highest BCUT2D eigenvalue weighted by atomic mass is 15.1. The highest BCUT2D eigenvalue weighted by Gasteiger charge is 1.87. The standard InChI is InChI=1S/C12H9N2/c1-3-7-11(8-4-1)13-14-12-9-5-2-6-10-12/h1-9H. The van der Waals surface area contributed by atoms with Crippen LogP contribution in [0, 0.1) is 6.07 Å². The molecule has 0 atom stereocenters. The van der Waals surface area contributed by atoms with Crippen LogP contribution >= 0.6 is 0 Å². The van der Waals surface area contributed by atoms with Crippen molar-refractivity contribution in [2.75, 3.05) is 0 Å². The van der Waals surface area contributed by atoms with Gasteiger partial charge in [0, 0.05) is 6.07 Å². The van der Waals surface area contributed by atoms with Crippen molar-refractivity contribution in [3.05, 3.63) is 60.7 Å². The van der Waals surface area contributed by atoms with Crippen molar-refractivity contribution >= 4 is 11.4 Å². The van der Waals surface area contributed by atoms with E-state index in [1.165, 1.54) is 0 Å². The molecule has 2 heteroatoms. The van der Waals surface area contributed by atoms with Crippen molar-refractivity contribution in [1.82, 2.24) is 0 Å². The Balaban J connectivity index is 2.16. The van der Waals surface area contributed by atoms with Gasteiger partial charge in [0.15, 0.2) is 0 Å². The summed E-state index contributed by atoms with van der Waals surface area (Å²) in [5.41, 5.74) is 1.60. The monoisotopic (exact) mass is 181 g/mol. The van der Waals surface area contributed by atoms with E-state index in [1.807, 2.05) is 54.6 Å². The molecular formula is C12H9N2. The number of hydrogen-bond donors (Lipinski definition) is 0. The minimum Gasteiger partial charge on any atom is -0.151 e. The molecule has 0 spiro atoms. The molecular weight excluding hydrogens is 172 g/mol. The first kappa shape index (κ1) is 8.63. The maximum absolute atomic E-state index is 4.07. The predicted octanol–water partition coefficient (Wildman–Crippen LogP) is 3.90. The zero-order valence-electron chi connectivity index (χ0n) is 7.59. The molecule has 0 heterocycles. The Bertz CT molecular complexity index is 365. The summed E-state index contributed by atoms with van der Waals surface area (Å²) in [4.78, 5) is 0. The molecule has 0 bridgehead atoms. The van der Waals surface area contributed by atoms with E-state index >= 15 is 0 Å². The third-order valence-corrected chi connectivity index (χ3v) is 1.72. The van der Waals surface area contributed by atoms with Crippen molar-refractivity contribution in [3.8, 4) is 0 Å². The Kier molecular flexibility index (Phi) is 2.67. The molecule has 0 aliphatic heterocycles. The molecule has 0 amide bonds. The molecule has 0 unspecified atom stereocenters. The molecule has 2 aromatic rings. The third kappa shape index (κ3) is 2.26. The molecule has 67 valence electrons. The second kappa shape index (κ2) is 4.33. The SMILES string of the molecule is [c]1ccccc1N=Nc1ccccc1. The maximum atomic E-state index is 4.07. The van der Waals surface area contributed by atoms with E-state index in [0.717, 1.165) is 11.4 Å². The van der Waals surface area contributed by atoms with Gasteiger partial charge in [0.2, 0.25) is 0 Å². The van der Waals surface area contributed by atoms with Crippen LogP contribution < -0.4 is 0 Å². The van der Waals surface area contributed by atoms with Gasteiger partial charge in [-0.05, 0) is 18.2 Å². The van der Waals surface area contributed by atoms with E-state index in [1.54, 1.807) is 0 Å². The van der Waals surface area contributed by atoms with Crippen molar-refractivity contribution in [2.24, 2.45) is 10.2 Å². The number of azo groups is 1. The largest absolute Gasteiger partial charge is 0.151 e. The van der Waals surface area contributed by atoms with Gasteiger partial charge in [-0.1, -0.05) is 36.4 Å². The van der Waals surface area contributed by atoms with Crippen molar-refractivity contribution < 1.29 is 0 Å². The molecule has 0 fully saturated rings. The topological polar surface area (TPSA) is 24.7 Å². The maximum Gasteiger partial charge on any atom is 0.0936 e. The third-order valence-electron chi connectivity index (χ3n) is 1.72. The highest BCUT2D eigenvalue weighted by molar-refractivity contribution is 5.38. The summed E-state index contributed by atoms with van der Waals surface area (Å²) in [6, 6.07) is 20.1. The average molecular weight is 181 g/mol. The second-order valence-corrected chi connectivity index (χ2v) is 2.78. The van der Waals surface area contributed by atoms with Gasteiger partial charge < -0.3 is 0 Å². The van der Waals surface area contributed by atoms with Gasteiger partial charge >= 0.3 is 0 Å². The van der Waals surface area contributed by atoms with Crippen molar-refractivity contribution in [3.63, 3.8) is 0 Å². The molecule has 0 aliphatic carbocycles. The molecule has 2 rings (SSSR count). The van der Waals surface area contributed by atoms with Crippen LogP contribution in [0.2, 0.25) is 0 Å². The first-order valence-corrected chi connectivity index (χ1v) is 4.39. The van der Waals surface area contributed by atoms with Gasteiger partial charge in [-0.3, -0.25) is 0 Å². The van der Waals surface area contributed by atoms with Crippen LogP contribution in [0.3, 0.4) is 0 Å². The van der Waals surface area contributed by atoms with E-state index in [4.69, 9.17) is 0 Å². The Morgan fingerprint density at radius 1 is 0.786 bits per heavy atom. The van der Waals surface area contributed by atoms with Crippen LogP contribution in [0.4, 0.5) is 11.4 Å². The van der Waals surface area contributed by atoms with Gasteiger partial charge in [-0.2, -0.15) is 5.11 Å². The fourth-order valence-corrected chi connectivity index (χ4v) is 1.05. The van der Waals surface area contributed by atoms with Crippen LogP contribution in [-0.4, -0.2) is 0 Å². The normalized spacial score (nSPS) is 10.6. The molecule has 0 aliphatic rings. The van der Waals surface area contributed by atoms with Gasteiger partial charge in [0.1, 0.15) is 0 Å². The summed E-state index contributed by atoms with van der Waals surface area (Å²) >= 11 is 0. The van der Waals surface area contributed by atoms with E-state index in [-0.39, 0.29) is 0 Å². The minimum atomic E-state index is 0.747. The fourth-order valence-electron chi connectivity index (χ4n) is 1.05. The van der Waals surface area contributed by atoms with Crippen LogP contribution in [0.15, 0.2) is 64.8 Å². The Hall–Kier alpha value is -1.96. The van der Waals surface area contributed by atoms with Gasteiger partial charge in [0.05, 0.1) is 11.4 Å². The number of benzene rings is 2. The lowest BCUT2D eigenvalue weighted by molar-refractivity contribution is 1.23. The van der Waals surface area contributed by atoms with Gasteiger partial charge in [-0.15, -0.1) is 5.11 Å². The molecule has 0 N–H and O–H groups in total. The first-order valence-electron chi connectivity index (χ1n) is 4.39. The zero-order valence-corrected chi connectivity index (χ0v) is 7.59. The summed E-state index contributed by atoms with van der Waals surface area (Å²) in [6.45, 7) is 0. The van der Waals surface area contributed by atoms with Gasteiger partial charge in [-0.25, -0.2) is 0 Å². The zero-order chi connectivity index (χ0) is 9.64. The molecule has 2 aromatic carbocycles. The number of rotatable bonds is 2. The number of nitrogens with zero attached hydrogens (tertiary/aromatic N) is 2. The van der Waals surface area contributed by atoms with E-state index < -0.39 is 0 Å². The summed E-state index contributed by atoms with van der Waals surface area (Å²) in [5, 5.41) is 8.12. The Labute approximate surface area is 82.9 Å². The lowest BCUT2D eigenvalue weighted by Gasteiger charge is -1.90. The molecule has 0 aromatic heterocycles. The van der Waals surface area contributed by atoms with E-state index in [2.05, 4.69) is 16.3 Å². The van der Waals surface area contributed by atoms with Crippen LogP contribution in [0.1, 0.15) is 0 Å². The lowest BCUT2D eigenvalue weighted by Crippen LogP contribution is -1.63. The number of hydrogen-bond acceptors (Lipinski definition) is 2. The molecule has 14 heavy (non-hydrogen) atoms.